The van der Waals surface area contributed by atoms with Gasteiger partial charge >= 0.3 is 0 Å². The van der Waals surface area contributed by atoms with Gasteiger partial charge in [-0.1, -0.05) is 24.3 Å². The van der Waals surface area contributed by atoms with Crippen LogP contribution in [0.25, 0.3) is 21.5 Å². The second-order valence-corrected chi connectivity index (χ2v) is 4.33. The predicted octanol–water partition coefficient (Wildman–Crippen LogP) is 3.60. The van der Waals surface area contributed by atoms with Gasteiger partial charge in [0.15, 0.2) is 0 Å². The van der Waals surface area contributed by atoms with Gasteiger partial charge in [-0.25, -0.2) is 0 Å². The minimum absolute atomic E-state index is 0.0185. The average Bonchev–Trinajstić information content (AvgIpc) is 2.50. The number of phenolic OH excluding ortho intramolecular Hbond substituents is 2. The van der Waals surface area contributed by atoms with E-state index in [2.05, 4.69) is 5.18 Å². The lowest BCUT2D eigenvalue weighted by atomic mass is 9.98. The normalized spacial score (nSPS) is 10.8. The Kier molecular flexibility index (Phi) is 2.66. The first-order chi connectivity index (χ1) is 9.69. The third-order valence-electron chi connectivity index (χ3n) is 3.31. The molecule has 0 heterocycles. The van der Waals surface area contributed by atoms with E-state index in [0.29, 0.717) is 10.8 Å². The van der Waals surface area contributed by atoms with E-state index in [9.17, 15) is 15.1 Å². The lowest BCUT2D eigenvalue weighted by Crippen LogP contribution is -1.91. The molecule has 0 radical (unpaired) electrons. The van der Waals surface area contributed by atoms with Crippen molar-refractivity contribution in [2.24, 2.45) is 5.18 Å². The number of benzene rings is 3. The quantitative estimate of drug-likeness (QED) is 0.246. The molecule has 100 valence electrons. The summed E-state index contributed by atoms with van der Waals surface area (Å²) in [5.74, 6) is -0.310. The smallest absolute Gasteiger partial charge is 0.135 e. The minimum atomic E-state index is -0.222. The van der Waals surface area contributed by atoms with Gasteiger partial charge in [0, 0.05) is 10.8 Å². The number of aromatic hydroxyl groups is 2. The van der Waals surface area contributed by atoms with E-state index >= 15 is 0 Å². The molecule has 0 saturated carbocycles. The number of phenols is 2. The topological polar surface area (TPSA) is 102 Å². The van der Waals surface area contributed by atoms with Gasteiger partial charge in [0.2, 0.25) is 0 Å². The van der Waals surface area contributed by atoms with Crippen LogP contribution in [0, 0.1) is 4.91 Å². The Morgan fingerprint density at radius 1 is 0.900 bits per heavy atom. The Bertz CT molecular complexity index is 846. The molecule has 0 aromatic heterocycles. The minimum Gasteiger partial charge on any atom is -0.507 e. The number of hydrogen-bond donors (Lipinski definition) is 4. The zero-order valence-corrected chi connectivity index (χ0v) is 10.2. The van der Waals surface area contributed by atoms with Gasteiger partial charge in [-0.2, -0.15) is 0 Å². The zero-order valence-electron chi connectivity index (χ0n) is 10.2. The summed E-state index contributed by atoms with van der Waals surface area (Å²) in [5.41, 5.74) is 2.20. The van der Waals surface area contributed by atoms with Gasteiger partial charge in [0.1, 0.15) is 17.2 Å². The number of fused-ring (bicyclic) bond motifs is 2. The second-order valence-electron chi connectivity index (χ2n) is 4.33. The SMILES string of the molecule is O=Nc1cccc2c(O)c3cccc(NO)c3c(O)c12. The van der Waals surface area contributed by atoms with Crippen LogP contribution in [0.4, 0.5) is 11.4 Å². The largest absolute Gasteiger partial charge is 0.507 e. The summed E-state index contributed by atoms with van der Waals surface area (Å²) in [6.07, 6.45) is 0. The predicted molar refractivity (Wildman–Crippen MR) is 75.6 cm³/mol. The van der Waals surface area contributed by atoms with Gasteiger partial charge in [0.25, 0.3) is 0 Å². The number of nitrogens with one attached hydrogen (secondary N) is 1. The molecule has 20 heavy (non-hydrogen) atoms. The lowest BCUT2D eigenvalue weighted by molar-refractivity contribution is 0.389. The summed E-state index contributed by atoms with van der Waals surface area (Å²) in [7, 11) is 0. The fourth-order valence-corrected chi connectivity index (χ4v) is 2.43. The van der Waals surface area contributed by atoms with Crippen LogP contribution in [0.5, 0.6) is 11.5 Å². The molecule has 0 atom stereocenters. The fourth-order valence-electron chi connectivity index (χ4n) is 2.43. The molecule has 0 aliphatic carbocycles. The standard InChI is InChI=1S/C14H10N2O4/c17-13-7-3-1-5-9(15-19)11(7)14(18)12-8(13)4-2-6-10(12)16-20/h1-6,15,17-19H. The van der Waals surface area contributed by atoms with Crippen molar-refractivity contribution >= 4 is 32.9 Å². The van der Waals surface area contributed by atoms with Gasteiger partial charge in [-0.15, -0.1) is 4.91 Å². The molecule has 3 aromatic rings. The summed E-state index contributed by atoms with van der Waals surface area (Å²) < 4.78 is 0. The maximum atomic E-state index is 10.9. The Labute approximate surface area is 112 Å². The highest BCUT2D eigenvalue weighted by molar-refractivity contribution is 6.17. The number of rotatable bonds is 2. The van der Waals surface area contributed by atoms with E-state index in [4.69, 9.17) is 5.21 Å². The van der Waals surface area contributed by atoms with Crippen molar-refractivity contribution in [3.05, 3.63) is 41.3 Å². The third kappa shape index (κ3) is 1.49. The van der Waals surface area contributed by atoms with E-state index in [1.54, 1.807) is 24.3 Å². The molecule has 0 fully saturated rings. The van der Waals surface area contributed by atoms with Gasteiger partial charge in [-0.3, -0.25) is 10.7 Å². The first-order valence-corrected chi connectivity index (χ1v) is 5.82. The fraction of sp³-hybridized carbons (Fsp3) is 0. The van der Waals surface area contributed by atoms with Crippen molar-refractivity contribution in [3.8, 4) is 11.5 Å². The van der Waals surface area contributed by atoms with Gasteiger partial charge in [0.05, 0.1) is 16.5 Å². The Morgan fingerprint density at radius 2 is 1.55 bits per heavy atom. The summed E-state index contributed by atoms with van der Waals surface area (Å²) in [4.78, 5) is 10.9. The first kappa shape index (κ1) is 12.2. The number of anilines is 1. The lowest BCUT2D eigenvalue weighted by Gasteiger charge is -2.12. The maximum Gasteiger partial charge on any atom is 0.135 e. The Hall–Kier alpha value is -2.86. The van der Waals surface area contributed by atoms with Gasteiger partial charge < -0.3 is 10.2 Å². The highest BCUT2D eigenvalue weighted by Crippen LogP contribution is 2.47. The highest BCUT2D eigenvalue weighted by atomic mass is 16.5. The molecule has 6 nitrogen and oxygen atoms in total. The summed E-state index contributed by atoms with van der Waals surface area (Å²) in [5, 5.41) is 33.7. The molecule has 0 bridgehead atoms. The van der Waals surface area contributed by atoms with Crippen LogP contribution in [-0.4, -0.2) is 15.4 Å². The molecule has 0 aliphatic heterocycles. The Balaban J connectivity index is 2.66. The van der Waals surface area contributed by atoms with Crippen LogP contribution in [0.2, 0.25) is 0 Å². The molecule has 0 amide bonds. The number of nitroso groups, excluding NO2 is 1. The van der Waals surface area contributed by atoms with E-state index in [1.165, 1.54) is 12.1 Å². The van der Waals surface area contributed by atoms with E-state index in [-0.39, 0.29) is 33.6 Å². The Morgan fingerprint density at radius 3 is 2.20 bits per heavy atom. The van der Waals surface area contributed by atoms with Crippen LogP contribution < -0.4 is 5.48 Å². The van der Waals surface area contributed by atoms with Crippen LogP contribution in [0.15, 0.2) is 41.6 Å². The van der Waals surface area contributed by atoms with E-state index in [1.807, 2.05) is 5.48 Å². The molecular weight excluding hydrogens is 260 g/mol. The van der Waals surface area contributed by atoms with Crippen LogP contribution in [0.1, 0.15) is 0 Å². The van der Waals surface area contributed by atoms with Crippen molar-refractivity contribution < 1.29 is 15.4 Å². The zero-order chi connectivity index (χ0) is 14.3. The molecule has 4 N–H and O–H groups in total. The highest BCUT2D eigenvalue weighted by Gasteiger charge is 2.18. The van der Waals surface area contributed by atoms with Gasteiger partial charge in [-0.05, 0) is 17.3 Å². The monoisotopic (exact) mass is 270 g/mol. The molecule has 0 unspecified atom stereocenters. The van der Waals surface area contributed by atoms with E-state index < -0.39 is 0 Å². The van der Waals surface area contributed by atoms with Crippen LogP contribution in [0.3, 0.4) is 0 Å². The third-order valence-corrected chi connectivity index (χ3v) is 3.31. The van der Waals surface area contributed by atoms with Crippen LogP contribution >= 0.6 is 0 Å². The molecule has 6 heteroatoms. The molecule has 3 rings (SSSR count). The molecule has 0 aliphatic rings. The summed E-state index contributed by atoms with van der Waals surface area (Å²) >= 11 is 0. The molecule has 0 spiro atoms. The van der Waals surface area contributed by atoms with Crippen molar-refractivity contribution in [2.45, 2.75) is 0 Å². The van der Waals surface area contributed by atoms with Crippen LogP contribution in [-0.2, 0) is 0 Å². The molecule has 0 saturated heterocycles. The summed E-state index contributed by atoms with van der Waals surface area (Å²) in [6.45, 7) is 0. The van der Waals surface area contributed by atoms with Crippen molar-refractivity contribution in [1.82, 2.24) is 0 Å². The maximum absolute atomic E-state index is 10.9. The van der Waals surface area contributed by atoms with Crippen molar-refractivity contribution in [1.29, 1.82) is 0 Å². The first-order valence-electron chi connectivity index (χ1n) is 5.82. The molecule has 3 aromatic carbocycles. The number of hydrogen-bond acceptors (Lipinski definition) is 6. The summed E-state index contributed by atoms with van der Waals surface area (Å²) in [6, 6.07) is 9.34. The van der Waals surface area contributed by atoms with E-state index in [0.717, 1.165) is 0 Å². The van der Waals surface area contributed by atoms with Crippen molar-refractivity contribution in [3.63, 3.8) is 0 Å². The average molecular weight is 270 g/mol. The second kappa shape index (κ2) is 4.36. The molecular formula is C14H10N2O4. The number of nitrogens with zero attached hydrogens (tertiary/aromatic N) is 1. The van der Waals surface area contributed by atoms with Crippen molar-refractivity contribution in [2.75, 3.05) is 5.48 Å².